The zero-order chi connectivity index (χ0) is 21.9. The molecule has 8 heteroatoms. The topological polar surface area (TPSA) is 101 Å². The zero-order valence-electron chi connectivity index (χ0n) is 18.3. The molecule has 32 heavy (non-hydrogen) atoms. The van der Waals surface area contributed by atoms with Crippen molar-refractivity contribution in [2.45, 2.75) is 38.8 Å². The highest BCUT2D eigenvalue weighted by atomic mass is 16.5. The van der Waals surface area contributed by atoms with Gasteiger partial charge in [0.25, 0.3) is 0 Å². The Balaban J connectivity index is 1.46. The third-order valence-corrected chi connectivity index (χ3v) is 5.51. The monoisotopic (exact) mass is 429 g/mol. The van der Waals surface area contributed by atoms with Gasteiger partial charge in [-0.2, -0.15) is 0 Å². The molecular weight excluding hydrogens is 402 g/mol. The molecule has 0 aliphatic carbocycles. The van der Waals surface area contributed by atoms with Crippen LogP contribution >= 0.6 is 0 Å². The third kappa shape index (κ3) is 4.40. The fourth-order valence-corrected chi connectivity index (χ4v) is 4.03. The highest BCUT2D eigenvalue weighted by Gasteiger charge is 2.15. The van der Waals surface area contributed by atoms with Gasteiger partial charge in [0.2, 0.25) is 5.88 Å². The standard InChI is InChI=1S/C24H27N7O/c1-15(2)32-24-14-27-11-21(31-24)16-5-6-20-18(8-16)19(10-28-20)22-12-26-13-23(30-22)29-17-4-3-7-25-9-17/h5-6,8,10-15,17,25,28H,3-4,7,9H2,1-2H3,(H,29,30)/t17-/m1/s1. The summed E-state index contributed by atoms with van der Waals surface area (Å²) < 4.78 is 5.71. The molecule has 0 amide bonds. The van der Waals surface area contributed by atoms with Crippen molar-refractivity contribution < 1.29 is 4.74 Å². The van der Waals surface area contributed by atoms with Crippen molar-refractivity contribution in [2.24, 2.45) is 0 Å². The van der Waals surface area contributed by atoms with Crippen molar-refractivity contribution in [1.82, 2.24) is 30.2 Å². The minimum atomic E-state index is 0.0437. The van der Waals surface area contributed by atoms with Crippen molar-refractivity contribution in [3.63, 3.8) is 0 Å². The summed E-state index contributed by atoms with van der Waals surface area (Å²) in [4.78, 5) is 21.5. The molecule has 3 aromatic heterocycles. The van der Waals surface area contributed by atoms with Gasteiger partial charge in [-0.3, -0.25) is 9.97 Å². The van der Waals surface area contributed by atoms with Gasteiger partial charge in [-0.05, 0) is 45.4 Å². The van der Waals surface area contributed by atoms with Crippen molar-refractivity contribution in [3.05, 3.63) is 49.2 Å². The largest absolute Gasteiger partial charge is 0.474 e. The summed E-state index contributed by atoms with van der Waals surface area (Å²) in [6, 6.07) is 6.57. The Morgan fingerprint density at radius 1 is 1.06 bits per heavy atom. The van der Waals surface area contributed by atoms with Crippen LogP contribution in [0.1, 0.15) is 26.7 Å². The number of rotatable bonds is 6. The number of anilines is 1. The number of aromatic amines is 1. The fraction of sp³-hybridized carbons (Fsp3) is 0.333. The molecule has 0 spiro atoms. The van der Waals surface area contributed by atoms with Gasteiger partial charge >= 0.3 is 0 Å². The van der Waals surface area contributed by atoms with Crippen molar-refractivity contribution in [2.75, 3.05) is 18.4 Å². The lowest BCUT2D eigenvalue weighted by atomic mass is 10.1. The SMILES string of the molecule is CC(C)Oc1cncc(-c2ccc3[nH]cc(-c4cncc(N[C@@H]5CCCNC5)n4)c3c2)n1. The summed E-state index contributed by atoms with van der Waals surface area (Å²) in [7, 11) is 0. The molecule has 164 valence electrons. The Labute approximate surface area is 186 Å². The van der Waals surface area contributed by atoms with E-state index in [1.165, 1.54) is 6.42 Å². The first-order chi connectivity index (χ1) is 15.7. The van der Waals surface area contributed by atoms with Gasteiger partial charge < -0.3 is 20.4 Å². The van der Waals surface area contributed by atoms with Gasteiger partial charge in [0, 0.05) is 40.8 Å². The van der Waals surface area contributed by atoms with Gasteiger partial charge in [-0.1, -0.05) is 6.07 Å². The van der Waals surface area contributed by atoms with Gasteiger partial charge in [0.15, 0.2) is 0 Å². The maximum atomic E-state index is 5.71. The van der Waals surface area contributed by atoms with Crippen LogP contribution in [0.25, 0.3) is 33.4 Å². The molecule has 1 aromatic carbocycles. The van der Waals surface area contributed by atoms with Crippen LogP contribution in [0.4, 0.5) is 5.82 Å². The number of nitrogens with zero attached hydrogens (tertiary/aromatic N) is 4. The van der Waals surface area contributed by atoms with E-state index in [1.54, 1.807) is 24.8 Å². The molecule has 1 aliphatic heterocycles. The van der Waals surface area contributed by atoms with E-state index >= 15 is 0 Å². The van der Waals surface area contributed by atoms with E-state index < -0.39 is 0 Å². The van der Waals surface area contributed by atoms with Gasteiger partial charge in [-0.25, -0.2) is 9.97 Å². The lowest BCUT2D eigenvalue weighted by Crippen LogP contribution is -2.38. The second kappa shape index (κ2) is 8.92. The second-order valence-corrected chi connectivity index (χ2v) is 8.35. The highest BCUT2D eigenvalue weighted by molar-refractivity contribution is 5.97. The molecule has 3 N–H and O–H groups in total. The molecule has 1 aliphatic rings. The van der Waals surface area contributed by atoms with Crippen LogP contribution in [-0.4, -0.2) is 50.2 Å². The van der Waals surface area contributed by atoms with Crippen LogP contribution in [0.2, 0.25) is 0 Å². The van der Waals surface area contributed by atoms with Crippen LogP contribution in [0.5, 0.6) is 5.88 Å². The summed E-state index contributed by atoms with van der Waals surface area (Å²) in [6.07, 6.45) is 11.3. The number of ether oxygens (including phenoxy) is 1. The minimum Gasteiger partial charge on any atom is -0.474 e. The number of fused-ring (bicyclic) bond motifs is 1. The number of hydrogen-bond acceptors (Lipinski definition) is 7. The second-order valence-electron chi connectivity index (χ2n) is 8.35. The molecule has 4 heterocycles. The molecule has 0 radical (unpaired) electrons. The average Bonchev–Trinajstić information content (AvgIpc) is 3.23. The Morgan fingerprint density at radius 2 is 1.94 bits per heavy atom. The van der Waals surface area contributed by atoms with Crippen LogP contribution in [-0.2, 0) is 0 Å². The van der Waals surface area contributed by atoms with E-state index in [0.717, 1.165) is 58.7 Å². The van der Waals surface area contributed by atoms with Gasteiger partial charge in [0.05, 0.1) is 42.3 Å². The minimum absolute atomic E-state index is 0.0437. The number of benzene rings is 1. The molecule has 0 bridgehead atoms. The Morgan fingerprint density at radius 3 is 2.78 bits per heavy atom. The van der Waals surface area contributed by atoms with E-state index in [4.69, 9.17) is 9.72 Å². The molecule has 1 atom stereocenters. The predicted molar refractivity (Wildman–Crippen MR) is 126 cm³/mol. The van der Waals surface area contributed by atoms with Crippen molar-refractivity contribution >= 4 is 16.7 Å². The molecule has 0 saturated carbocycles. The average molecular weight is 430 g/mol. The van der Waals surface area contributed by atoms with E-state index in [1.807, 2.05) is 26.1 Å². The molecule has 1 saturated heterocycles. The first-order valence-electron chi connectivity index (χ1n) is 11.1. The van der Waals surface area contributed by atoms with Crippen LogP contribution < -0.4 is 15.4 Å². The maximum Gasteiger partial charge on any atom is 0.233 e. The normalized spacial score (nSPS) is 16.4. The Hall–Kier alpha value is -3.52. The molecule has 1 fully saturated rings. The van der Waals surface area contributed by atoms with Crippen molar-refractivity contribution in [1.29, 1.82) is 0 Å². The fourth-order valence-electron chi connectivity index (χ4n) is 4.03. The summed E-state index contributed by atoms with van der Waals surface area (Å²) in [6.45, 7) is 5.98. The highest BCUT2D eigenvalue weighted by Crippen LogP contribution is 2.31. The van der Waals surface area contributed by atoms with Crippen LogP contribution in [0.3, 0.4) is 0 Å². The predicted octanol–water partition coefficient (Wildman–Crippen LogP) is 4.03. The van der Waals surface area contributed by atoms with Crippen LogP contribution in [0, 0.1) is 0 Å². The molecule has 5 rings (SSSR count). The van der Waals surface area contributed by atoms with E-state index in [9.17, 15) is 0 Å². The first kappa shape index (κ1) is 20.4. The maximum absolute atomic E-state index is 5.71. The number of piperidine rings is 1. The summed E-state index contributed by atoms with van der Waals surface area (Å²) in [5, 5.41) is 7.99. The lowest BCUT2D eigenvalue weighted by Gasteiger charge is -2.24. The Bertz CT molecular complexity index is 1210. The van der Waals surface area contributed by atoms with Crippen molar-refractivity contribution in [3.8, 4) is 28.4 Å². The molecule has 0 unspecified atom stereocenters. The molecule has 4 aromatic rings. The van der Waals surface area contributed by atoms with Gasteiger partial charge in [0.1, 0.15) is 5.82 Å². The summed E-state index contributed by atoms with van der Waals surface area (Å²) in [5.41, 5.74) is 4.59. The summed E-state index contributed by atoms with van der Waals surface area (Å²) >= 11 is 0. The quantitative estimate of drug-likeness (QED) is 0.425. The van der Waals surface area contributed by atoms with E-state index in [-0.39, 0.29) is 6.10 Å². The Kier molecular flexibility index (Phi) is 5.68. The van der Waals surface area contributed by atoms with E-state index in [2.05, 4.69) is 42.7 Å². The number of nitrogens with one attached hydrogen (secondary N) is 3. The summed E-state index contributed by atoms with van der Waals surface area (Å²) in [5.74, 6) is 1.32. The number of hydrogen-bond donors (Lipinski definition) is 3. The number of aromatic nitrogens is 5. The van der Waals surface area contributed by atoms with E-state index in [0.29, 0.717) is 11.9 Å². The van der Waals surface area contributed by atoms with Gasteiger partial charge in [-0.15, -0.1) is 0 Å². The molecule has 8 nitrogen and oxygen atoms in total. The first-order valence-corrected chi connectivity index (χ1v) is 11.1. The smallest absolute Gasteiger partial charge is 0.233 e. The lowest BCUT2D eigenvalue weighted by molar-refractivity contribution is 0.232. The third-order valence-electron chi connectivity index (χ3n) is 5.51. The zero-order valence-corrected chi connectivity index (χ0v) is 18.3. The molecular formula is C24H27N7O. The van der Waals surface area contributed by atoms with Crippen LogP contribution in [0.15, 0.2) is 49.2 Å². The number of H-pyrrole nitrogens is 1.